The third-order valence-electron chi connectivity index (χ3n) is 2.04. The Kier molecular flexibility index (Phi) is 3.45. The van der Waals surface area contributed by atoms with Gasteiger partial charge in [-0.05, 0) is 30.2 Å². The van der Waals surface area contributed by atoms with Gasteiger partial charge in [-0.25, -0.2) is 9.37 Å². The predicted octanol–water partition coefficient (Wildman–Crippen LogP) is 4.02. The molecule has 0 unspecified atom stereocenters. The molecule has 0 radical (unpaired) electrons. The Morgan fingerprint density at radius 3 is 2.76 bits per heavy atom. The number of nitrogens with zero attached hydrogens (tertiary/aromatic N) is 2. The molecule has 0 aliphatic heterocycles. The van der Waals surface area contributed by atoms with Crippen molar-refractivity contribution in [2.45, 2.75) is 6.92 Å². The van der Waals surface area contributed by atoms with E-state index >= 15 is 0 Å². The van der Waals surface area contributed by atoms with Gasteiger partial charge in [0.15, 0.2) is 0 Å². The molecule has 17 heavy (non-hydrogen) atoms. The van der Waals surface area contributed by atoms with Crippen LogP contribution in [0.2, 0.25) is 10.3 Å². The summed E-state index contributed by atoms with van der Waals surface area (Å²) in [5.74, 6) is 0.0264. The van der Waals surface area contributed by atoms with Crippen LogP contribution in [0.1, 0.15) is 5.56 Å². The SMILES string of the molecule is Cc1ccc(Oc2nc(Cl)ncc2Cl)cc1F. The number of ether oxygens (including phenoxy) is 1. The Hall–Kier alpha value is -1.39. The first-order valence-corrected chi connectivity index (χ1v) is 5.44. The maximum atomic E-state index is 13.3. The lowest BCUT2D eigenvalue weighted by molar-refractivity contribution is 0.456. The van der Waals surface area contributed by atoms with E-state index in [1.54, 1.807) is 19.1 Å². The van der Waals surface area contributed by atoms with Gasteiger partial charge in [-0.2, -0.15) is 4.98 Å². The van der Waals surface area contributed by atoms with E-state index < -0.39 is 0 Å². The molecule has 1 aromatic heterocycles. The lowest BCUT2D eigenvalue weighted by Crippen LogP contribution is -1.92. The van der Waals surface area contributed by atoms with Gasteiger partial charge in [0, 0.05) is 6.07 Å². The summed E-state index contributed by atoms with van der Waals surface area (Å²) < 4.78 is 18.6. The minimum atomic E-state index is -0.362. The second kappa shape index (κ2) is 4.85. The topological polar surface area (TPSA) is 35.0 Å². The summed E-state index contributed by atoms with van der Waals surface area (Å²) in [4.78, 5) is 7.48. The third-order valence-corrected chi connectivity index (χ3v) is 2.48. The highest BCUT2D eigenvalue weighted by Gasteiger charge is 2.08. The van der Waals surface area contributed by atoms with Crippen LogP contribution < -0.4 is 4.74 Å². The molecule has 0 atom stereocenters. The summed E-state index contributed by atoms with van der Waals surface area (Å²) in [6.45, 7) is 1.66. The molecule has 1 aromatic carbocycles. The van der Waals surface area contributed by atoms with Gasteiger partial charge in [0.1, 0.15) is 16.6 Å². The number of hydrogen-bond acceptors (Lipinski definition) is 3. The highest BCUT2D eigenvalue weighted by atomic mass is 35.5. The maximum absolute atomic E-state index is 13.3. The fourth-order valence-corrected chi connectivity index (χ4v) is 1.41. The second-order valence-corrected chi connectivity index (χ2v) is 4.05. The van der Waals surface area contributed by atoms with Crippen LogP contribution >= 0.6 is 23.2 Å². The molecule has 6 heteroatoms. The minimum absolute atomic E-state index is 0.0111. The molecule has 0 aliphatic carbocycles. The van der Waals surface area contributed by atoms with E-state index in [1.807, 2.05) is 0 Å². The molecule has 2 aromatic rings. The molecule has 3 nitrogen and oxygen atoms in total. The Labute approximate surface area is 107 Å². The summed E-state index contributed by atoms with van der Waals surface area (Å²) in [6.07, 6.45) is 1.32. The van der Waals surface area contributed by atoms with Crippen LogP contribution in [0.5, 0.6) is 11.6 Å². The molecule has 0 bridgehead atoms. The first-order valence-electron chi connectivity index (χ1n) is 4.68. The normalized spacial score (nSPS) is 10.4. The van der Waals surface area contributed by atoms with Gasteiger partial charge in [0.25, 0.3) is 0 Å². The van der Waals surface area contributed by atoms with Gasteiger partial charge >= 0.3 is 0 Å². The molecule has 0 spiro atoms. The van der Waals surface area contributed by atoms with Crippen molar-refractivity contribution in [3.8, 4) is 11.6 Å². The average Bonchev–Trinajstić information content (AvgIpc) is 2.29. The fraction of sp³-hybridized carbons (Fsp3) is 0.0909. The first-order chi connectivity index (χ1) is 8.06. The molecule has 0 amide bonds. The summed E-state index contributed by atoms with van der Waals surface area (Å²) >= 11 is 11.4. The predicted molar refractivity (Wildman–Crippen MR) is 63.3 cm³/mol. The molecule has 0 fully saturated rings. The van der Waals surface area contributed by atoms with Gasteiger partial charge in [0.2, 0.25) is 11.2 Å². The standard InChI is InChI=1S/C11H7Cl2FN2O/c1-6-2-3-7(4-9(6)14)17-10-8(12)5-15-11(13)16-10/h2-5H,1H3. The van der Waals surface area contributed by atoms with Crippen LogP contribution in [0.3, 0.4) is 0 Å². The highest BCUT2D eigenvalue weighted by molar-refractivity contribution is 6.32. The number of aromatic nitrogens is 2. The molecular weight excluding hydrogens is 266 g/mol. The summed E-state index contributed by atoms with van der Waals surface area (Å²) in [6, 6.07) is 4.47. The van der Waals surface area contributed by atoms with Gasteiger partial charge in [-0.3, -0.25) is 0 Å². The number of rotatable bonds is 2. The fourth-order valence-electron chi connectivity index (χ4n) is 1.15. The van der Waals surface area contributed by atoms with Crippen molar-refractivity contribution in [1.82, 2.24) is 9.97 Å². The lowest BCUT2D eigenvalue weighted by atomic mass is 10.2. The van der Waals surface area contributed by atoms with Crippen molar-refractivity contribution in [3.63, 3.8) is 0 Å². The smallest absolute Gasteiger partial charge is 0.242 e. The van der Waals surface area contributed by atoms with Crippen molar-refractivity contribution < 1.29 is 9.13 Å². The zero-order valence-electron chi connectivity index (χ0n) is 8.75. The molecule has 0 N–H and O–H groups in total. The second-order valence-electron chi connectivity index (χ2n) is 3.31. The van der Waals surface area contributed by atoms with Crippen LogP contribution in [0.15, 0.2) is 24.4 Å². The van der Waals surface area contributed by atoms with E-state index in [-0.39, 0.29) is 22.0 Å². The van der Waals surface area contributed by atoms with E-state index in [4.69, 9.17) is 27.9 Å². The Morgan fingerprint density at radius 1 is 1.29 bits per heavy atom. The average molecular weight is 273 g/mol. The first kappa shape index (κ1) is 12.1. The van der Waals surface area contributed by atoms with Crippen LogP contribution in [-0.2, 0) is 0 Å². The van der Waals surface area contributed by atoms with Crippen molar-refractivity contribution in [1.29, 1.82) is 0 Å². The summed E-state index contributed by atoms with van der Waals surface area (Å²) in [7, 11) is 0. The molecule has 0 saturated heterocycles. The van der Waals surface area contributed by atoms with Crippen molar-refractivity contribution in [2.75, 3.05) is 0 Å². The van der Waals surface area contributed by atoms with Crippen LogP contribution in [0.25, 0.3) is 0 Å². The molecule has 0 aliphatic rings. The quantitative estimate of drug-likeness (QED) is 0.775. The van der Waals surface area contributed by atoms with Gasteiger partial charge < -0.3 is 4.74 Å². The van der Waals surface area contributed by atoms with Crippen LogP contribution in [0.4, 0.5) is 4.39 Å². The molecule has 88 valence electrons. The minimum Gasteiger partial charge on any atom is -0.437 e. The Morgan fingerprint density at radius 2 is 2.06 bits per heavy atom. The van der Waals surface area contributed by atoms with E-state index in [9.17, 15) is 4.39 Å². The van der Waals surface area contributed by atoms with Crippen LogP contribution in [0, 0.1) is 12.7 Å². The number of benzene rings is 1. The van der Waals surface area contributed by atoms with Gasteiger partial charge in [-0.15, -0.1) is 0 Å². The molecule has 0 saturated carbocycles. The Bertz CT molecular complexity index is 563. The van der Waals surface area contributed by atoms with Crippen molar-refractivity contribution in [2.24, 2.45) is 0 Å². The number of aryl methyl sites for hydroxylation is 1. The third kappa shape index (κ3) is 2.84. The lowest BCUT2D eigenvalue weighted by Gasteiger charge is -2.06. The van der Waals surface area contributed by atoms with Crippen LogP contribution in [-0.4, -0.2) is 9.97 Å². The largest absolute Gasteiger partial charge is 0.437 e. The molecule has 2 rings (SSSR count). The van der Waals surface area contributed by atoms with Crippen molar-refractivity contribution in [3.05, 3.63) is 46.1 Å². The Balaban J connectivity index is 2.31. The van der Waals surface area contributed by atoms with E-state index in [2.05, 4.69) is 9.97 Å². The van der Waals surface area contributed by atoms with Crippen molar-refractivity contribution >= 4 is 23.2 Å². The van der Waals surface area contributed by atoms with Gasteiger partial charge in [0.05, 0.1) is 6.20 Å². The van der Waals surface area contributed by atoms with E-state index in [0.717, 1.165) is 0 Å². The van der Waals surface area contributed by atoms with E-state index in [0.29, 0.717) is 11.3 Å². The summed E-state index contributed by atoms with van der Waals surface area (Å²) in [5, 5.41) is 0.215. The monoisotopic (exact) mass is 272 g/mol. The molecular formula is C11H7Cl2FN2O. The number of halogens is 3. The van der Waals surface area contributed by atoms with E-state index in [1.165, 1.54) is 12.3 Å². The molecule has 1 heterocycles. The summed E-state index contributed by atoms with van der Waals surface area (Å²) in [5.41, 5.74) is 0.532. The highest BCUT2D eigenvalue weighted by Crippen LogP contribution is 2.28. The maximum Gasteiger partial charge on any atom is 0.242 e. The zero-order chi connectivity index (χ0) is 12.4. The zero-order valence-corrected chi connectivity index (χ0v) is 10.3. The number of hydrogen-bond donors (Lipinski definition) is 0. The van der Waals surface area contributed by atoms with Gasteiger partial charge in [-0.1, -0.05) is 17.7 Å².